The van der Waals surface area contributed by atoms with E-state index in [1.54, 1.807) is 0 Å². The molecule has 0 aliphatic heterocycles. The molecular formula is C7H11FO. The van der Waals surface area contributed by atoms with Crippen LogP contribution in [0.25, 0.3) is 0 Å². The van der Waals surface area contributed by atoms with Gasteiger partial charge in [0.15, 0.2) is 12.0 Å². The van der Waals surface area contributed by atoms with Crippen molar-refractivity contribution in [3.05, 3.63) is 0 Å². The van der Waals surface area contributed by atoms with Crippen molar-refractivity contribution >= 4 is 5.78 Å². The Labute approximate surface area is 54.3 Å². The van der Waals surface area contributed by atoms with Crippen molar-refractivity contribution in [2.45, 2.75) is 32.4 Å². The second kappa shape index (κ2) is 2.46. The van der Waals surface area contributed by atoms with E-state index in [1.807, 2.05) is 6.92 Å². The monoisotopic (exact) mass is 130 g/mol. The van der Waals surface area contributed by atoms with E-state index in [9.17, 15) is 9.18 Å². The van der Waals surface area contributed by atoms with Crippen LogP contribution in [0.15, 0.2) is 0 Å². The van der Waals surface area contributed by atoms with Gasteiger partial charge in [-0.05, 0) is 18.8 Å². The first-order valence-corrected chi connectivity index (χ1v) is 3.37. The normalized spacial score (nSPS) is 36.9. The van der Waals surface area contributed by atoms with E-state index in [-0.39, 0.29) is 5.78 Å². The van der Waals surface area contributed by atoms with Gasteiger partial charge >= 0.3 is 0 Å². The Balaban J connectivity index is 2.44. The molecule has 2 heteroatoms. The summed E-state index contributed by atoms with van der Waals surface area (Å²) in [5.41, 5.74) is 0. The number of hydrogen-bond donors (Lipinski definition) is 0. The van der Waals surface area contributed by atoms with Gasteiger partial charge in [-0.3, -0.25) is 4.79 Å². The molecule has 0 aromatic rings. The Morgan fingerprint density at radius 2 is 2.22 bits per heavy atom. The molecule has 1 aliphatic carbocycles. The third kappa shape index (κ3) is 1.50. The van der Waals surface area contributed by atoms with E-state index < -0.39 is 6.17 Å². The molecule has 1 rings (SSSR count). The van der Waals surface area contributed by atoms with Gasteiger partial charge in [-0.1, -0.05) is 6.92 Å². The Kier molecular flexibility index (Phi) is 1.84. The average molecular weight is 130 g/mol. The highest BCUT2D eigenvalue weighted by Gasteiger charge is 2.25. The third-order valence-corrected chi connectivity index (χ3v) is 1.81. The molecule has 0 aromatic carbocycles. The Morgan fingerprint density at radius 3 is 2.67 bits per heavy atom. The van der Waals surface area contributed by atoms with Crippen LogP contribution in [0.5, 0.6) is 0 Å². The van der Waals surface area contributed by atoms with Gasteiger partial charge in [-0.15, -0.1) is 0 Å². The second-order valence-electron chi connectivity index (χ2n) is 2.82. The quantitative estimate of drug-likeness (QED) is 0.488. The van der Waals surface area contributed by atoms with Crippen LogP contribution < -0.4 is 0 Å². The fourth-order valence-electron chi connectivity index (χ4n) is 1.17. The maximum atomic E-state index is 12.4. The van der Waals surface area contributed by atoms with Gasteiger partial charge in [-0.2, -0.15) is 0 Å². The standard InChI is InChI=1S/C7H11FO/c1-5-2-3-6(8)7(9)4-5/h5-6H,2-4H2,1H3/t5-,6+/m1/s1. The van der Waals surface area contributed by atoms with E-state index in [4.69, 9.17) is 0 Å². The van der Waals surface area contributed by atoms with E-state index in [2.05, 4.69) is 0 Å². The van der Waals surface area contributed by atoms with Crippen LogP contribution in [0.3, 0.4) is 0 Å². The highest BCUT2D eigenvalue weighted by atomic mass is 19.1. The van der Waals surface area contributed by atoms with Gasteiger partial charge in [-0.25, -0.2) is 4.39 Å². The number of alkyl halides is 1. The van der Waals surface area contributed by atoms with Crippen molar-refractivity contribution in [3.8, 4) is 0 Å². The first-order chi connectivity index (χ1) is 4.20. The molecule has 52 valence electrons. The smallest absolute Gasteiger partial charge is 0.167 e. The molecule has 0 N–H and O–H groups in total. The molecule has 1 aliphatic rings. The number of Topliss-reactive ketones (excluding diaryl/α,β-unsaturated/α-hetero) is 1. The highest BCUT2D eigenvalue weighted by molar-refractivity contribution is 5.83. The molecule has 0 radical (unpaired) electrons. The molecule has 0 amide bonds. The Bertz CT molecular complexity index is 122. The van der Waals surface area contributed by atoms with Gasteiger partial charge in [0.05, 0.1) is 0 Å². The van der Waals surface area contributed by atoms with Crippen LogP contribution in [0.4, 0.5) is 4.39 Å². The SMILES string of the molecule is C[C@@H]1CC[C@H](F)C(=O)C1. The van der Waals surface area contributed by atoms with Crippen LogP contribution in [0, 0.1) is 5.92 Å². The Hall–Kier alpha value is -0.400. The minimum Gasteiger partial charge on any atom is -0.296 e. The predicted molar refractivity (Wildman–Crippen MR) is 32.9 cm³/mol. The zero-order valence-corrected chi connectivity index (χ0v) is 5.56. The maximum absolute atomic E-state index is 12.4. The molecular weight excluding hydrogens is 119 g/mol. The average Bonchev–Trinajstić information content (AvgIpc) is 1.80. The number of rotatable bonds is 0. The zero-order valence-electron chi connectivity index (χ0n) is 5.56. The lowest BCUT2D eigenvalue weighted by atomic mass is 9.89. The van der Waals surface area contributed by atoms with E-state index in [0.717, 1.165) is 6.42 Å². The summed E-state index contributed by atoms with van der Waals surface area (Å²) in [4.78, 5) is 10.6. The number of carbonyl (C=O) groups is 1. The molecule has 2 atom stereocenters. The second-order valence-corrected chi connectivity index (χ2v) is 2.82. The van der Waals surface area contributed by atoms with Crippen LogP contribution >= 0.6 is 0 Å². The van der Waals surface area contributed by atoms with Crippen molar-refractivity contribution in [3.63, 3.8) is 0 Å². The van der Waals surface area contributed by atoms with Gasteiger partial charge < -0.3 is 0 Å². The number of ketones is 1. The summed E-state index contributed by atoms with van der Waals surface area (Å²) in [5.74, 6) is 0.207. The van der Waals surface area contributed by atoms with Crippen molar-refractivity contribution in [1.82, 2.24) is 0 Å². The highest BCUT2D eigenvalue weighted by Crippen LogP contribution is 2.22. The first-order valence-electron chi connectivity index (χ1n) is 3.37. The third-order valence-electron chi connectivity index (χ3n) is 1.81. The van der Waals surface area contributed by atoms with Crippen molar-refractivity contribution in [1.29, 1.82) is 0 Å². The first kappa shape index (κ1) is 6.72. The minimum absolute atomic E-state index is 0.200. The molecule has 0 saturated heterocycles. The lowest BCUT2D eigenvalue weighted by Crippen LogP contribution is -2.24. The fourth-order valence-corrected chi connectivity index (χ4v) is 1.17. The molecule has 0 bridgehead atoms. The lowest BCUT2D eigenvalue weighted by molar-refractivity contribution is -0.126. The topological polar surface area (TPSA) is 17.1 Å². The van der Waals surface area contributed by atoms with Crippen molar-refractivity contribution < 1.29 is 9.18 Å². The van der Waals surface area contributed by atoms with Crippen LogP contribution in [-0.2, 0) is 4.79 Å². The number of halogens is 1. The molecule has 1 fully saturated rings. The fraction of sp³-hybridized carbons (Fsp3) is 0.857. The van der Waals surface area contributed by atoms with Gasteiger partial charge in [0.1, 0.15) is 0 Å². The summed E-state index contributed by atoms with van der Waals surface area (Å²) < 4.78 is 12.4. The molecule has 0 aromatic heterocycles. The van der Waals surface area contributed by atoms with Crippen molar-refractivity contribution in [2.24, 2.45) is 5.92 Å². The van der Waals surface area contributed by atoms with E-state index in [1.165, 1.54) is 0 Å². The summed E-state index contributed by atoms with van der Waals surface area (Å²) in [6, 6.07) is 0. The molecule has 0 unspecified atom stereocenters. The summed E-state index contributed by atoms with van der Waals surface area (Å²) in [6.45, 7) is 1.99. The minimum atomic E-state index is -1.15. The summed E-state index contributed by atoms with van der Waals surface area (Å²) >= 11 is 0. The molecule has 1 saturated carbocycles. The molecule has 1 nitrogen and oxygen atoms in total. The van der Waals surface area contributed by atoms with E-state index in [0.29, 0.717) is 18.8 Å². The predicted octanol–water partition coefficient (Wildman–Crippen LogP) is 1.71. The zero-order chi connectivity index (χ0) is 6.85. The van der Waals surface area contributed by atoms with Crippen molar-refractivity contribution in [2.75, 3.05) is 0 Å². The largest absolute Gasteiger partial charge is 0.296 e. The summed E-state index contributed by atoms with van der Waals surface area (Å²) in [7, 11) is 0. The molecule has 9 heavy (non-hydrogen) atoms. The van der Waals surface area contributed by atoms with Gasteiger partial charge in [0, 0.05) is 6.42 Å². The lowest BCUT2D eigenvalue weighted by Gasteiger charge is -2.18. The molecule has 0 spiro atoms. The molecule has 0 heterocycles. The van der Waals surface area contributed by atoms with Gasteiger partial charge in [0.2, 0.25) is 0 Å². The Morgan fingerprint density at radius 1 is 1.56 bits per heavy atom. The van der Waals surface area contributed by atoms with Crippen LogP contribution in [-0.4, -0.2) is 12.0 Å². The number of hydrogen-bond acceptors (Lipinski definition) is 1. The van der Waals surface area contributed by atoms with Crippen LogP contribution in [0.1, 0.15) is 26.2 Å². The number of carbonyl (C=O) groups excluding carboxylic acids is 1. The van der Waals surface area contributed by atoms with Gasteiger partial charge in [0.25, 0.3) is 0 Å². The summed E-state index contributed by atoms with van der Waals surface area (Å²) in [6.07, 6.45) is 0.606. The summed E-state index contributed by atoms with van der Waals surface area (Å²) in [5, 5.41) is 0. The van der Waals surface area contributed by atoms with Crippen LogP contribution in [0.2, 0.25) is 0 Å². The maximum Gasteiger partial charge on any atom is 0.167 e. The van der Waals surface area contributed by atoms with E-state index >= 15 is 0 Å².